The number of imide groups is 1. The minimum Gasteiger partial charge on any atom is -0.461 e. The van der Waals surface area contributed by atoms with E-state index in [0.717, 1.165) is 22.0 Å². The fraction of sp³-hybridized carbons (Fsp3) is 0.138. The molecule has 2 fully saturated rings. The van der Waals surface area contributed by atoms with E-state index in [1.165, 1.54) is 11.2 Å². The Labute approximate surface area is 201 Å². The van der Waals surface area contributed by atoms with Crippen LogP contribution in [-0.4, -0.2) is 29.7 Å². The zero-order chi connectivity index (χ0) is 23.7. The van der Waals surface area contributed by atoms with Crippen molar-refractivity contribution in [2.75, 3.05) is 9.80 Å². The van der Waals surface area contributed by atoms with Gasteiger partial charge in [0.05, 0.1) is 29.8 Å². The van der Waals surface area contributed by atoms with Crippen LogP contribution in [0, 0.1) is 11.8 Å². The summed E-state index contributed by atoms with van der Waals surface area (Å²) in [6.45, 7) is 0. The van der Waals surface area contributed by atoms with Crippen molar-refractivity contribution < 1.29 is 18.8 Å². The van der Waals surface area contributed by atoms with Crippen molar-refractivity contribution in [1.82, 2.24) is 0 Å². The summed E-state index contributed by atoms with van der Waals surface area (Å²) in [4.78, 5) is 45.1. The van der Waals surface area contributed by atoms with Crippen LogP contribution in [0.15, 0.2) is 95.6 Å². The van der Waals surface area contributed by atoms with Crippen molar-refractivity contribution in [1.29, 1.82) is 0 Å². The Hall–Kier alpha value is -4.45. The van der Waals surface area contributed by atoms with Crippen LogP contribution in [0.3, 0.4) is 0 Å². The summed E-state index contributed by atoms with van der Waals surface area (Å²) in [5.74, 6) is -2.22. The summed E-state index contributed by atoms with van der Waals surface area (Å²) < 4.78 is 5.45. The molecular formula is C29H20N2O4. The SMILES string of the molecule is O=C(c1ccco1)C1C2C(=O)N(c3cccc4ccccc34)C(=O)C2C2C=Cc3ccccc3N21. The van der Waals surface area contributed by atoms with Gasteiger partial charge in [-0.1, -0.05) is 66.7 Å². The normalized spacial score (nSPS) is 24.6. The quantitative estimate of drug-likeness (QED) is 0.327. The first-order chi connectivity index (χ1) is 17.1. The maximum Gasteiger partial charge on any atom is 0.240 e. The van der Waals surface area contributed by atoms with E-state index in [-0.39, 0.29) is 23.4 Å². The number of amides is 2. The third-order valence-electron chi connectivity index (χ3n) is 7.46. The summed E-state index contributed by atoms with van der Waals surface area (Å²) in [6.07, 6.45) is 5.38. The molecule has 3 aliphatic heterocycles. The van der Waals surface area contributed by atoms with Crippen LogP contribution in [0.1, 0.15) is 16.1 Å². The number of benzene rings is 3. The number of nitrogens with zero attached hydrogens (tertiary/aromatic N) is 2. The van der Waals surface area contributed by atoms with Crippen LogP contribution in [0.5, 0.6) is 0 Å². The number of ketones is 1. The number of carbonyl (C=O) groups is 3. The number of hydrogen-bond donors (Lipinski definition) is 0. The number of rotatable bonds is 3. The maximum absolute atomic E-state index is 14.1. The predicted octanol–water partition coefficient (Wildman–Crippen LogP) is 4.71. The van der Waals surface area contributed by atoms with Crippen LogP contribution >= 0.6 is 0 Å². The van der Waals surface area contributed by atoms with Gasteiger partial charge in [0.2, 0.25) is 17.6 Å². The number of hydrogen-bond acceptors (Lipinski definition) is 5. The van der Waals surface area contributed by atoms with Gasteiger partial charge >= 0.3 is 0 Å². The van der Waals surface area contributed by atoms with E-state index in [4.69, 9.17) is 4.42 Å². The molecule has 0 bridgehead atoms. The van der Waals surface area contributed by atoms with Crippen molar-refractivity contribution in [3.8, 4) is 0 Å². The highest BCUT2D eigenvalue weighted by atomic mass is 16.3. The van der Waals surface area contributed by atoms with Crippen LogP contribution in [0.4, 0.5) is 11.4 Å². The Morgan fingerprint density at radius 1 is 0.771 bits per heavy atom. The van der Waals surface area contributed by atoms with E-state index in [9.17, 15) is 14.4 Å². The average Bonchev–Trinajstić information content (AvgIpc) is 3.60. The van der Waals surface area contributed by atoms with Gasteiger partial charge < -0.3 is 9.32 Å². The van der Waals surface area contributed by atoms with Crippen molar-refractivity contribution in [2.24, 2.45) is 11.8 Å². The number of carbonyl (C=O) groups excluding carboxylic acids is 3. The fourth-order valence-corrected chi connectivity index (χ4v) is 6.02. The van der Waals surface area contributed by atoms with E-state index >= 15 is 0 Å². The lowest BCUT2D eigenvalue weighted by Gasteiger charge is -2.36. The van der Waals surface area contributed by atoms with Gasteiger partial charge in [0, 0.05) is 11.1 Å². The number of furan rings is 1. The Kier molecular flexibility index (Phi) is 4.15. The molecule has 6 nitrogen and oxygen atoms in total. The molecule has 0 radical (unpaired) electrons. The molecule has 4 aromatic rings. The second-order valence-corrected chi connectivity index (χ2v) is 9.16. The van der Waals surface area contributed by atoms with Crippen LogP contribution in [0.2, 0.25) is 0 Å². The molecule has 2 saturated heterocycles. The first-order valence-electron chi connectivity index (χ1n) is 11.6. The van der Waals surface area contributed by atoms with Crippen LogP contribution < -0.4 is 9.80 Å². The molecule has 3 aliphatic rings. The van der Waals surface area contributed by atoms with Gasteiger partial charge in [-0.05, 0) is 35.2 Å². The molecule has 0 aliphatic carbocycles. The standard InChI is InChI=1S/C29H20N2O4/c32-27(23-13-6-16-35-23)26-25-24(22-15-14-18-8-2-4-11-20(18)30(22)26)28(33)31(29(25)34)21-12-5-9-17-7-1-3-10-19(17)21/h1-16,22,24-26H. The molecule has 3 aromatic carbocycles. The molecule has 170 valence electrons. The smallest absolute Gasteiger partial charge is 0.240 e. The Balaban J connectivity index is 1.40. The van der Waals surface area contributed by atoms with Gasteiger partial charge in [-0.25, -0.2) is 4.90 Å². The van der Waals surface area contributed by atoms with Gasteiger partial charge in [-0.3, -0.25) is 14.4 Å². The molecular weight excluding hydrogens is 440 g/mol. The van der Waals surface area contributed by atoms with Gasteiger partial charge in [0.25, 0.3) is 0 Å². The second kappa shape index (κ2) is 7.27. The fourth-order valence-electron chi connectivity index (χ4n) is 6.02. The summed E-state index contributed by atoms with van der Waals surface area (Å²) >= 11 is 0. The highest BCUT2D eigenvalue weighted by Gasteiger charge is 2.64. The summed E-state index contributed by atoms with van der Waals surface area (Å²) in [5, 5.41) is 1.77. The molecule has 2 amide bonds. The monoisotopic (exact) mass is 460 g/mol. The molecule has 0 spiro atoms. The number of para-hydroxylation sites is 1. The molecule has 1 aromatic heterocycles. The summed E-state index contributed by atoms with van der Waals surface area (Å²) in [5.41, 5.74) is 2.35. The Bertz CT molecular complexity index is 1550. The zero-order valence-electron chi connectivity index (χ0n) is 18.6. The van der Waals surface area contributed by atoms with Gasteiger partial charge in [0.1, 0.15) is 6.04 Å². The summed E-state index contributed by atoms with van der Waals surface area (Å²) in [6, 6.07) is 23.0. The molecule has 4 unspecified atom stereocenters. The first kappa shape index (κ1) is 20.0. The van der Waals surface area contributed by atoms with E-state index in [1.54, 1.807) is 18.2 Å². The number of Topliss-reactive ketones (excluding diaryl/α,β-unsaturated/α-hetero) is 1. The van der Waals surface area contributed by atoms with Gasteiger partial charge in [0.15, 0.2) is 5.76 Å². The molecule has 0 N–H and O–H groups in total. The van der Waals surface area contributed by atoms with Crippen molar-refractivity contribution in [3.63, 3.8) is 0 Å². The van der Waals surface area contributed by atoms with Crippen molar-refractivity contribution in [2.45, 2.75) is 12.1 Å². The molecule has 4 heterocycles. The molecule has 6 heteroatoms. The Morgan fingerprint density at radius 2 is 1.51 bits per heavy atom. The lowest BCUT2D eigenvalue weighted by atomic mass is 9.87. The van der Waals surface area contributed by atoms with Crippen molar-refractivity contribution in [3.05, 3.63) is 103 Å². The van der Waals surface area contributed by atoms with Crippen molar-refractivity contribution >= 4 is 45.8 Å². The molecule has 35 heavy (non-hydrogen) atoms. The number of fused-ring (bicyclic) bond motifs is 6. The maximum atomic E-state index is 14.1. The zero-order valence-corrected chi connectivity index (χ0v) is 18.6. The topological polar surface area (TPSA) is 70.8 Å². The van der Waals surface area contributed by atoms with E-state index in [1.807, 2.05) is 77.7 Å². The van der Waals surface area contributed by atoms with Gasteiger partial charge in [-0.2, -0.15) is 0 Å². The largest absolute Gasteiger partial charge is 0.461 e. The molecule has 4 atom stereocenters. The van der Waals surface area contributed by atoms with E-state index in [2.05, 4.69) is 0 Å². The molecule has 7 rings (SSSR count). The Morgan fingerprint density at radius 3 is 2.37 bits per heavy atom. The number of anilines is 2. The molecule has 0 saturated carbocycles. The van der Waals surface area contributed by atoms with E-state index in [0.29, 0.717) is 5.69 Å². The summed E-state index contributed by atoms with van der Waals surface area (Å²) in [7, 11) is 0. The van der Waals surface area contributed by atoms with Gasteiger partial charge in [-0.15, -0.1) is 0 Å². The lowest BCUT2D eigenvalue weighted by molar-refractivity contribution is -0.122. The second-order valence-electron chi connectivity index (χ2n) is 9.16. The highest BCUT2D eigenvalue weighted by molar-refractivity contribution is 6.27. The first-order valence-corrected chi connectivity index (χ1v) is 11.6. The minimum atomic E-state index is -0.848. The predicted molar refractivity (Wildman–Crippen MR) is 132 cm³/mol. The third-order valence-corrected chi connectivity index (χ3v) is 7.46. The lowest BCUT2D eigenvalue weighted by Crippen LogP contribution is -2.48. The van der Waals surface area contributed by atoms with Crippen LogP contribution in [0.25, 0.3) is 16.8 Å². The van der Waals surface area contributed by atoms with E-state index < -0.39 is 23.9 Å². The average molecular weight is 460 g/mol. The minimum absolute atomic E-state index is 0.185. The third kappa shape index (κ3) is 2.68. The van der Waals surface area contributed by atoms with Crippen LogP contribution in [-0.2, 0) is 9.59 Å². The highest BCUT2D eigenvalue weighted by Crippen LogP contribution is 2.50.